The maximum atomic E-state index is 12.6. The Balaban J connectivity index is 0.000000135. The summed E-state index contributed by atoms with van der Waals surface area (Å²) in [5, 5.41) is 12.9. The van der Waals surface area contributed by atoms with Crippen LogP contribution >= 0.6 is 80.1 Å². The van der Waals surface area contributed by atoms with E-state index >= 15 is 0 Å². The molecule has 2 aromatic heterocycles. The topological polar surface area (TPSA) is 479 Å². The van der Waals surface area contributed by atoms with E-state index in [-0.39, 0.29) is 154 Å². The molecule has 8 aromatic carbocycles. The number of nitrogens with zero attached hydrogens (tertiary/aromatic N) is 11. The number of Topliss-reactive ketones (excluding diaryl/α,β-unsaturated/α-hetero) is 1. The molecule has 40 nitrogen and oxygen atoms in total. The minimum Gasteiger partial charge on any atom is -0.444 e. The summed E-state index contributed by atoms with van der Waals surface area (Å²) in [5.74, 6) is -2.26. The lowest BCUT2D eigenvalue weighted by Gasteiger charge is -2.27. The molecule has 12 aliphatic heterocycles. The number of ether oxygens (including phenoxy) is 9. The number of alkyl halides is 1. The standard InChI is InChI=1S/C22H19N3O6.C21H21N3O5.C20H19ClN2O5S.C14H17N3O4.C11H9NO3.C10H12N2O2.C5H2Cl2OS.CH3I/c26-19-13-30-10-9-23(19)14-5-7-15(8-6-14)24-11-16(31-22(24)29)12-25-20(27)17-3-1-2-4-18(17)21(25)28;25-16(12-24-20(27)17-3-1-2-4-18(17)21(24)28)11-22-14-5-7-15(8-6-14)23-9-10-29-13-19(23)26;21-18-8-7-17(29-18)16(24)6-5-15-11-23(20(26)28-15)14-3-1-13(2-4-14)22-9-10-27-12-19(22)25;15-7-12-8-17(14(19)21-12)11-3-1-10(2-4-11)16-5-6-20-9-13(16)18;13-10-8-3-1-2-4-9(8)11(14)12(10)5-7-6-15-7;11-8-1-3-9(4-2-8)12-5-6-14-7-10(12)13;6-4-2-1-3(9-4)5(7)8;1-2/h1-8,16H,9-13H2;1-8,16,22,25H,9-13H2;1-4,7-8,15H,5-6,9-12H2;1-4,12H,5-9,15H2;1-4,7H,5-6H2;1-4H,5-7,11H2;1-2H;1H3/t2*16-;15-;12-;7-;;;/m11000.../s1/i;;;;;;;1D. The zero-order valence-corrected chi connectivity index (χ0v) is 86.4. The van der Waals surface area contributed by atoms with E-state index in [4.69, 9.17) is 90.3 Å². The number of anilines is 10. The lowest BCUT2D eigenvalue weighted by molar-refractivity contribution is -0.126. The highest BCUT2D eigenvalue weighted by Crippen LogP contribution is 2.36. The molecule has 22 rings (SSSR count). The number of morpholine rings is 5. The van der Waals surface area contributed by atoms with Gasteiger partial charge in [0.2, 0.25) is 0 Å². The first-order valence-electron chi connectivity index (χ1n) is 47.9. The third kappa shape index (κ3) is 27.6. The van der Waals surface area contributed by atoms with Gasteiger partial charge in [-0.25, -0.2) is 14.4 Å². The van der Waals surface area contributed by atoms with Crippen molar-refractivity contribution < 1.29 is 126 Å². The number of cyclic esters (lactones) is 3. The van der Waals surface area contributed by atoms with Crippen molar-refractivity contribution in [2.75, 3.05) is 213 Å². The third-order valence-corrected chi connectivity index (χ3v) is 27.5. The maximum Gasteiger partial charge on any atom is 0.414 e. The van der Waals surface area contributed by atoms with E-state index in [1.54, 1.807) is 192 Å². The first-order valence-corrected chi connectivity index (χ1v) is 51.5. The first kappa shape index (κ1) is 109. The van der Waals surface area contributed by atoms with Crippen LogP contribution in [0.15, 0.2) is 218 Å². The number of fused-ring (bicyclic) bond motifs is 3. The smallest absolute Gasteiger partial charge is 0.414 e. The average molecular weight is 2260 g/mol. The lowest BCUT2D eigenvalue weighted by Crippen LogP contribution is -2.41. The molecule has 14 heterocycles. The molecule has 0 spiro atoms. The van der Waals surface area contributed by atoms with E-state index in [1.165, 1.54) is 32.5 Å². The van der Waals surface area contributed by atoms with Crippen molar-refractivity contribution in [2.24, 2.45) is 5.73 Å². The molecule has 12 aliphatic rings. The first-order chi connectivity index (χ1) is 72.9. The maximum absolute atomic E-state index is 12.6. The van der Waals surface area contributed by atoms with Gasteiger partial charge in [-0.15, -0.1) is 22.7 Å². The molecule has 5 atom stereocenters. The van der Waals surface area contributed by atoms with Crippen LogP contribution in [0.4, 0.5) is 71.3 Å². The van der Waals surface area contributed by atoms with Gasteiger partial charge >= 0.3 is 18.3 Å². The largest absolute Gasteiger partial charge is 0.444 e. The summed E-state index contributed by atoms with van der Waals surface area (Å²) in [4.78, 5) is 209. The molecular weight excluding hydrogens is 2160 g/mol. The minimum absolute atomic E-state index is 0.000946. The Morgan fingerprint density at radius 2 is 0.693 bits per heavy atom. The second kappa shape index (κ2) is 51.9. The quantitative estimate of drug-likeness (QED) is 0.00675. The fourth-order valence-electron chi connectivity index (χ4n) is 17.0. The summed E-state index contributed by atoms with van der Waals surface area (Å²) in [6.45, 7) is 8.24. The summed E-state index contributed by atoms with van der Waals surface area (Å²) in [7, 11) is 0. The van der Waals surface area contributed by atoms with Gasteiger partial charge in [-0.3, -0.25) is 91.7 Å². The predicted octanol–water partition coefficient (Wildman–Crippen LogP) is 12.0. The number of carbonyl (C=O) groups excluding carboxylic acids is 16. The monoisotopic (exact) mass is 2260 g/mol. The lowest BCUT2D eigenvalue weighted by atomic mass is 10.1. The third-order valence-electron chi connectivity index (χ3n) is 24.7. The molecule has 0 bridgehead atoms. The van der Waals surface area contributed by atoms with Crippen LogP contribution in [0, 0.1) is 0 Å². The number of ketones is 1. The molecule has 9 saturated heterocycles. The van der Waals surface area contributed by atoms with Gasteiger partial charge in [-0.1, -0.05) is 82.2 Å². The Morgan fingerprint density at radius 1 is 0.407 bits per heavy atom. The Labute approximate surface area is 897 Å². The number of epoxide rings is 1. The molecule has 0 radical (unpaired) electrons. The number of imide groups is 3. The van der Waals surface area contributed by atoms with Crippen molar-refractivity contribution in [3.05, 3.63) is 270 Å². The normalized spacial score (nSPS) is 19.3. The SMILES string of the molecule is NC[C@H]1CN(c2ccc(N3CCOCC3=O)cc2)C(=O)O1.Nc1ccc(N2CCOCC2=O)cc1.O=C(CC[C@H]1CN(c2ccc(N3CCOCC3=O)cc2)C(=O)O1)c1ccc(Cl)s1.O=C(Cl)c1ccc(Cl)s1.O=C1c2ccccc2C(=O)N1C[C@H](O)CNc1ccc(N2CCOCC2=O)cc1.O=C1c2ccccc2C(=O)N1C[C@H]1CN(c2ccc(N3CCOCC3=O)cc2)C(=O)O1.O=C1c2ccccc2C(=O)N1C[C@H]1CO1.[2H]CI. The van der Waals surface area contributed by atoms with Gasteiger partial charge in [-0.2, -0.15) is 0 Å². The Bertz CT molecular complexity index is 6580. The number of halogens is 4. The van der Waals surface area contributed by atoms with Gasteiger partial charge in [0.1, 0.15) is 51.3 Å². The fourth-order valence-corrected chi connectivity index (χ4v) is 19.0. The van der Waals surface area contributed by atoms with Crippen LogP contribution in [0.25, 0.3) is 0 Å². The van der Waals surface area contributed by atoms with Crippen molar-refractivity contribution in [2.45, 2.75) is 43.4 Å². The zero-order chi connectivity index (χ0) is 107. The second-order valence-electron chi connectivity index (χ2n) is 34.5. The molecule has 10 aromatic rings. The number of benzene rings is 8. The molecule has 9 fully saturated rings. The number of aliphatic hydroxyl groups excluding tert-OH is 1. The van der Waals surface area contributed by atoms with E-state index in [0.717, 1.165) is 49.6 Å². The van der Waals surface area contributed by atoms with Crippen LogP contribution in [-0.2, 0) is 66.6 Å². The summed E-state index contributed by atoms with van der Waals surface area (Å²) in [6.07, 6.45) is -2.73. The minimum atomic E-state index is -0.919. The average Bonchev–Trinajstić information content (AvgIpc) is 1.63. The van der Waals surface area contributed by atoms with E-state index in [1.807, 2.05) is 83.3 Å². The number of hydrogen-bond donors (Lipinski definition) is 4. The molecule has 0 aliphatic carbocycles. The molecular formula is C104H102Cl3IN14O26S2. The van der Waals surface area contributed by atoms with Gasteiger partial charge < -0.3 is 89.0 Å². The van der Waals surface area contributed by atoms with Crippen molar-refractivity contribution >= 4 is 231 Å². The summed E-state index contributed by atoms with van der Waals surface area (Å²) >= 11 is 20.9. The van der Waals surface area contributed by atoms with Crippen molar-refractivity contribution in [1.29, 1.82) is 0 Å². The van der Waals surface area contributed by atoms with Crippen LogP contribution in [0.5, 0.6) is 0 Å². The van der Waals surface area contributed by atoms with Gasteiger partial charge in [0.25, 0.3) is 70.2 Å². The van der Waals surface area contributed by atoms with Crippen molar-refractivity contribution in [3.63, 3.8) is 0 Å². The van der Waals surface area contributed by atoms with E-state index in [0.29, 0.717) is 185 Å². The fraction of sp³-hybridized carbons (Fsp3) is 0.308. The van der Waals surface area contributed by atoms with Crippen LogP contribution in [0.2, 0.25) is 8.67 Å². The van der Waals surface area contributed by atoms with Gasteiger partial charge in [0.05, 0.1) is 143 Å². The predicted molar refractivity (Wildman–Crippen MR) is 566 cm³/mol. The van der Waals surface area contributed by atoms with Gasteiger partial charge in [0, 0.05) is 110 Å². The highest BCUT2D eigenvalue weighted by Gasteiger charge is 2.44. The molecule has 0 saturated carbocycles. The van der Waals surface area contributed by atoms with E-state index in [2.05, 4.69) is 5.32 Å². The highest BCUT2D eigenvalue weighted by molar-refractivity contribution is 14.1. The number of aliphatic hydroxyl groups is 1. The number of β-amino-alcohol motifs (C(OH)–C–C–N with tert-alkyl or cyclic N) is 1. The van der Waals surface area contributed by atoms with Crippen LogP contribution in [0.1, 0.15) is 95.7 Å². The number of nitrogen functional groups attached to an aromatic ring is 1. The summed E-state index contributed by atoms with van der Waals surface area (Å²) < 4.78 is 53.9. The van der Waals surface area contributed by atoms with Crippen LogP contribution in [0.3, 0.4) is 0 Å². The molecule has 46 heteroatoms. The number of amides is 14. The molecule has 0 unspecified atom stereocenters. The molecule has 150 heavy (non-hydrogen) atoms. The summed E-state index contributed by atoms with van der Waals surface area (Å²) in [5.41, 5.74) is 21.0. The van der Waals surface area contributed by atoms with Crippen LogP contribution < -0.4 is 56.0 Å². The zero-order valence-electron chi connectivity index (χ0n) is 81.3. The Kier molecular flexibility index (Phi) is 37.6. The number of hydrogen-bond acceptors (Lipinski definition) is 31. The van der Waals surface area contributed by atoms with Gasteiger partial charge in [-0.05, 0) is 205 Å². The highest BCUT2D eigenvalue weighted by atomic mass is 127. The molecule has 14 amide bonds. The van der Waals surface area contributed by atoms with E-state index in [9.17, 15) is 81.8 Å². The molecule has 784 valence electrons. The Hall–Kier alpha value is -14.0. The van der Waals surface area contributed by atoms with Gasteiger partial charge in [0.15, 0.2) is 5.78 Å². The Morgan fingerprint density at radius 3 is 0.993 bits per heavy atom. The number of carbonyl (C=O) groups is 16. The van der Waals surface area contributed by atoms with Crippen molar-refractivity contribution in [3.8, 4) is 0 Å². The summed E-state index contributed by atoms with van der Waals surface area (Å²) in [6, 6.07) is 62.8. The number of nitrogens with two attached hydrogens (primary N) is 2. The number of nitrogens with one attached hydrogen (secondary N) is 1. The number of rotatable bonds is 23. The number of thiophene rings is 2. The van der Waals surface area contributed by atoms with Crippen LogP contribution in [-0.4, -0.2) is 307 Å². The second-order valence-corrected chi connectivity index (χ2v) is 38.3. The van der Waals surface area contributed by atoms with E-state index < -0.39 is 29.6 Å². The molecule has 6 N–H and O–H groups in total. The van der Waals surface area contributed by atoms with Crippen molar-refractivity contribution in [1.82, 2.24) is 14.7 Å².